The van der Waals surface area contributed by atoms with Gasteiger partial charge in [-0.05, 0) is 76.6 Å². The van der Waals surface area contributed by atoms with Gasteiger partial charge in [-0.3, -0.25) is 0 Å². The highest BCUT2D eigenvalue weighted by atomic mass is 32.1. The predicted octanol–water partition coefficient (Wildman–Crippen LogP) is 4.37. The Morgan fingerprint density at radius 1 is 1.30 bits per heavy atom. The summed E-state index contributed by atoms with van der Waals surface area (Å²) in [4.78, 5) is 29.0. The lowest BCUT2D eigenvalue weighted by Gasteiger charge is -2.27. The van der Waals surface area contributed by atoms with E-state index < -0.39 is 12.0 Å². The summed E-state index contributed by atoms with van der Waals surface area (Å²) in [5, 5.41) is 16.5. The highest BCUT2D eigenvalue weighted by molar-refractivity contribution is 7.19. The normalized spacial score (nSPS) is 14.8. The second-order valence-electron chi connectivity index (χ2n) is 9.76. The second-order valence-corrected chi connectivity index (χ2v) is 11.0. The van der Waals surface area contributed by atoms with Crippen molar-refractivity contribution in [3.63, 3.8) is 0 Å². The van der Waals surface area contributed by atoms with Crippen LogP contribution < -0.4 is 10.6 Å². The smallest absolute Gasteiger partial charge is 0.326 e. The molecule has 200 valence electrons. The van der Waals surface area contributed by atoms with Crippen molar-refractivity contribution in [1.29, 1.82) is 0 Å². The minimum absolute atomic E-state index is 0.0696. The Morgan fingerprint density at radius 2 is 2.16 bits per heavy atom. The molecular weight excluding hydrogens is 488 g/mol. The van der Waals surface area contributed by atoms with E-state index in [-0.39, 0.29) is 6.10 Å². The zero-order valence-corrected chi connectivity index (χ0v) is 22.8. The van der Waals surface area contributed by atoms with Crippen molar-refractivity contribution in [2.45, 2.75) is 64.5 Å². The van der Waals surface area contributed by atoms with Gasteiger partial charge >= 0.3 is 5.97 Å². The van der Waals surface area contributed by atoms with Gasteiger partial charge in [-0.2, -0.15) is 0 Å². The largest absolute Gasteiger partial charge is 0.480 e. The molecule has 3 aromatic rings. The van der Waals surface area contributed by atoms with E-state index in [1.54, 1.807) is 18.4 Å². The number of carbonyl (C=O) groups is 1. The number of nitrogens with zero attached hydrogens (tertiary/aromatic N) is 4. The highest BCUT2D eigenvalue weighted by Crippen LogP contribution is 2.29. The zero-order chi connectivity index (χ0) is 26.2. The van der Waals surface area contributed by atoms with Gasteiger partial charge in [0, 0.05) is 37.3 Å². The van der Waals surface area contributed by atoms with E-state index in [1.165, 1.54) is 18.3 Å². The standard InChI is InChI=1S/C27H38N6O3S/c1-18(36-3)16-33(13-5-4-8-21-10-9-20-7-6-12-28-25(20)31-21)14-11-22(27(34)35)32-26-24-23(29-17-30-26)15-19(2)37-24/h9-10,15,17-18,22H,4-8,11-14,16H2,1-3H3,(H,28,31)(H,34,35)(H,29,30,32). The minimum Gasteiger partial charge on any atom is -0.480 e. The van der Waals surface area contributed by atoms with Gasteiger partial charge in [0.1, 0.15) is 24.0 Å². The number of hydrogen-bond donors (Lipinski definition) is 3. The van der Waals surface area contributed by atoms with Crippen LogP contribution in [-0.2, 0) is 22.4 Å². The highest BCUT2D eigenvalue weighted by Gasteiger charge is 2.22. The molecule has 0 aromatic carbocycles. The Morgan fingerprint density at radius 3 is 2.97 bits per heavy atom. The molecule has 3 N–H and O–H groups in total. The first-order valence-corrected chi connectivity index (χ1v) is 13.9. The molecule has 10 heteroatoms. The molecule has 9 nitrogen and oxygen atoms in total. The quantitative estimate of drug-likeness (QED) is 0.264. The summed E-state index contributed by atoms with van der Waals surface area (Å²) < 4.78 is 6.39. The molecule has 2 atom stereocenters. The van der Waals surface area contributed by atoms with Gasteiger partial charge in [0.2, 0.25) is 0 Å². The Balaban J connectivity index is 1.31. The lowest BCUT2D eigenvalue weighted by Crippen LogP contribution is -2.38. The Hall–Kier alpha value is -2.82. The van der Waals surface area contributed by atoms with E-state index in [9.17, 15) is 9.90 Å². The number of carboxylic acids is 1. The summed E-state index contributed by atoms with van der Waals surface area (Å²) in [6.45, 7) is 7.34. The van der Waals surface area contributed by atoms with Gasteiger partial charge in [0.05, 0.1) is 16.3 Å². The number of pyridine rings is 1. The molecule has 37 heavy (non-hydrogen) atoms. The third-order valence-corrected chi connectivity index (χ3v) is 7.85. The average molecular weight is 527 g/mol. The van der Waals surface area contributed by atoms with E-state index in [0.29, 0.717) is 18.8 Å². The summed E-state index contributed by atoms with van der Waals surface area (Å²) in [6, 6.07) is 5.61. The van der Waals surface area contributed by atoms with E-state index in [2.05, 4.69) is 37.6 Å². The van der Waals surface area contributed by atoms with Crippen LogP contribution >= 0.6 is 11.3 Å². The van der Waals surface area contributed by atoms with Crippen LogP contribution in [0.25, 0.3) is 10.2 Å². The fourth-order valence-corrected chi connectivity index (χ4v) is 5.61. The van der Waals surface area contributed by atoms with Crippen LogP contribution in [0.3, 0.4) is 0 Å². The van der Waals surface area contributed by atoms with E-state index >= 15 is 0 Å². The van der Waals surface area contributed by atoms with Crippen LogP contribution in [-0.4, -0.2) is 76.4 Å². The van der Waals surface area contributed by atoms with Crippen molar-refractivity contribution in [3.05, 3.63) is 40.7 Å². The van der Waals surface area contributed by atoms with E-state index in [1.807, 2.05) is 19.9 Å². The van der Waals surface area contributed by atoms with Gasteiger partial charge < -0.3 is 25.4 Å². The maximum absolute atomic E-state index is 12.1. The number of nitrogens with one attached hydrogen (secondary N) is 2. The number of anilines is 2. The average Bonchev–Trinajstić information content (AvgIpc) is 3.29. The van der Waals surface area contributed by atoms with Crippen LogP contribution in [0.15, 0.2) is 24.5 Å². The Labute approximate surface area is 222 Å². The molecule has 0 radical (unpaired) electrons. The fraction of sp³-hybridized carbons (Fsp3) is 0.556. The molecule has 0 bridgehead atoms. The molecule has 0 saturated heterocycles. The number of thiophene rings is 1. The maximum Gasteiger partial charge on any atom is 0.326 e. The van der Waals surface area contributed by atoms with Gasteiger partial charge in [-0.25, -0.2) is 19.7 Å². The summed E-state index contributed by atoms with van der Waals surface area (Å²) in [6.07, 6.45) is 7.25. The van der Waals surface area contributed by atoms with Crippen LogP contribution in [0.2, 0.25) is 0 Å². The number of ether oxygens (including phenoxy) is 1. The predicted molar refractivity (Wildman–Crippen MR) is 149 cm³/mol. The van der Waals surface area contributed by atoms with Crippen molar-refractivity contribution in [1.82, 2.24) is 19.9 Å². The Kier molecular flexibility index (Phi) is 9.65. The first-order valence-electron chi connectivity index (χ1n) is 13.1. The number of unbranched alkanes of at least 4 members (excludes halogenated alkanes) is 1. The number of carboxylic acid groups (broad SMARTS) is 1. The van der Waals surface area contributed by atoms with Crippen LogP contribution in [0.1, 0.15) is 48.7 Å². The van der Waals surface area contributed by atoms with Gasteiger partial charge in [0.25, 0.3) is 0 Å². The van der Waals surface area contributed by atoms with Crippen molar-refractivity contribution < 1.29 is 14.6 Å². The molecule has 4 heterocycles. The molecule has 1 aliphatic heterocycles. The van der Waals surface area contributed by atoms with Crippen molar-refractivity contribution in [2.24, 2.45) is 0 Å². The van der Waals surface area contributed by atoms with Crippen LogP contribution in [0.4, 0.5) is 11.6 Å². The summed E-state index contributed by atoms with van der Waals surface area (Å²) in [5.41, 5.74) is 3.28. The van der Waals surface area contributed by atoms with E-state index in [0.717, 1.165) is 71.9 Å². The summed E-state index contributed by atoms with van der Waals surface area (Å²) in [7, 11) is 1.71. The van der Waals surface area contributed by atoms with Crippen molar-refractivity contribution in [2.75, 3.05) is 43.9 Å². The van der Waals surface area contributed by atoms with Crippen molar-refractivity contribution in [3.8, 4) is 0 Å². The lowest BCUT2D eigenvalue weighted by molar-refractivity contribution is -0.138. The molecule has 0 spiro atoms. The summed E-state index contributed by atoms with van der Waals surface area (Å²) >= 11 is 1.57. The number of aliphatic carboxylic acids is 1. The van der Waals surface area contributed by atoms with E-state index in [4.69, 9.17) is 9.72 Å². The summed E-state index contributed by atoms with van der Waals surface area (Å²) in [5.74, 6) is 0.747. The maximum atomic E-state index is 12.1. The number of hydrogen-bond acceptors (Lipinski definition) is 9. The first-order chi connectivity index (χ1) is 17.9. The lowest BCUT2D eigenvalue weighted by atomic mass is 10.1. The molecular formula is C27H38N6O3S. The second kappa shape index (κ2) is 13.1. The topological polar surface area (TPSA) is 113 Å². The van der Waals surface area contributed by atoms with Gasteiger partial charge in [0.15, 0.2) is 0 Å². The number of methoxy groups -OCH3 is 1. The minimum atomic E-state index is -0.883. The molecule has 0 amide bonds. The number of aryl methyl sites for hydroxylation is 3. The fourth-order valence-electron chi connectivity index (χ4n) is 4.69. The van der Waals surface area contributed by atoms with Gasteiger partial charge in [-0.1, -0.05) is 6.07 Å². The third kappa shape index (κ3) is 7.59. The SMILES string of the molecule is COC(C)CN(CCCCc1ccc2c(n1)NCCC2)CCC(Nc1ncnc2cc(C)sc12)C(=O)O. The number of aromatic nitrogens is 3. The Bertz CT molecular complexity index is 1190. The molecule has 0 fully saturated rings. The van der Waals surface area contributed by atoms with Crippen LogP contribution in [0.5, 0.6) is 0 Å². The first kappa shape index (κ1) is 27.2. The monoisotopic (exact) mass is 526 g/mol. The number of rotatable bonds is 14. The van der Waals surface area contributed by atoms with Crippen LogP contribution in [0, 0.1) is 6.92 Å². The molecule has 0 aliphatic carbocycles. The number of fused-ring (bicyclic) bond motifs is 2. The zero-order valence-electron chi connectivity index (χ0n) is 22.0. The third-order valence-electron chi connectivity index (χ3n) is 6.80. The molecule has 4 rings (SSSR count). The molecule has 1 aliphatic rings. The molecule has 3 aromatic heterocycles. The van der Waals surface area contributed by atoms with Crippen molar-refractivity contribution >= 4 is 39.2 Å². The molecule has 0 saturated carbocycles. The molecule has 2 unspecified atom stereocenters. The van der Waals surface area contributed by atoms with Gasteiger partial charge in [-0.15, -0.1) is 11.3 Å².